The highest BCUT2D eigenvalue weighted by Crippen LogP contribution is 1.94. The van der Waals surface area contributed by atoms with Crippen molar-refractivity contribution >= 4 is 5.97 Å². The van der Waals surface area contributed by atoms with Crippen LogP contribution in [0.2, 0.25) is 0 Å². The van der Waals surface area contributed by atoms with E-state index in [1.807, 2.05) is 0 Å². The third-order valence-electron chi connectivity index (χ3n) is 1.02. The second kappa shape index (κ2) is 4.84. The lowest BCUT2D eigenvalue weighted by Crippen LogP contribution is -2.32. The predicted molar refractivity (Wildman–Crippen MR) is 35.9 cm³/mol. The van der Waals surface area contributed by atoms with E-state index < -0.39 is 18.2 Å². The molecular formula is C6H10O5. The zero-order valence-electron chi connectivity index (χ0n) is 5.71. The van der Waals surface area contributed by atoms with E-state index in [4.69, 9.17) is 20.4 Å². The first-order valence-electron chi connectivity index (χ1n) is 2.96. The lowest BCUT2D eigenvalue weighted by Gasteiger charge is -2.08. The van der Waals surface area contributed by atoms with Gasteiger partial charge in [-0.15, -0.1) is 0 Å². The summed E-state index contributed by atoms with van der Waals surface area (Å²) in [6.45, 7) is -0.302. The molecule has 64 valence electrons. The van der Waals surface area contributed by atoms with Crippen LogP contribution in [0.3, 0.4) is 0 Å². The fourth-order valence-electron chi connectivity index (χ4n) is 0.452. The molecule has 0 aliphatic heterocycles. The molecule has 0 amide bonds. The first kappa shape index (κ1) is 10.1. The topological polar surface area (TPSA) is 98.0 Å². The van der Waals surface area contributed by atoms with Crippen LogP contribution < -0.4 is 0 Å². The number of aliphatic hydroxyl groups excluding tert-OH is 3. The standard InChI is InChI=1S/C6H10O5/c7-3-1-2-4(8)5(9)6(10)11/h1-2,4-5,7-9H,3H2,(H,10,11). The molecule has 0 radical (unpaired) electrons. The SMILES string of the molecule is O=C(O)C(O)C(O)C=CCO. The number of rotatable bonds is 4. The molecule has 0 aromatic carbocycles. The molecule has 0 aromatic rings. The molecule has 0 rings (SSSR count). The van der Waals surface area contributed by atoms with Gasteiger partial charge in [-0.3, -0.25) is 0 Å². The highest BCUT2D eigenvalue weighted by atomic mass is 16.4. The van der Waals surface area contributed by atoms with E-state index in [1.165, 1.54) is 0 Å². The quantitative estimate of drug-likeness (QED) is 0.371. The minimum absolute atomic E-state index is 0.302. The minimum Gasteiger partial charge on any atom is -0.479 e. The largest absolute Gasteiger partial charge is 0.479 e. The van der Waals surface area contributed by atoms with Crippen molar-refractivity contribution in [3.8, 4) is 0 Å². The molecule has 0 aliphatic rings. The molecule has 5 nitrogen and oxygen atoms in total. The Morgan fingerprint density at radius 2 is 2.00 bits per heavy atom. The van der Waals surface area contributed by atoms with Crippen molar-refractivity contribution in [2.24, 2.45) is 0 Å². The van der Waals surface area contributed by atoms with Gasteiger partial charge in [0.15, 0.2) is 6.10 Å². The summed E-state index contributed by atoms with van der Waals surface area (Å²) in [6, 6.07) is 0. The molecule has 0 saturated carbocycles. The van der Waals surface area contributed by atoms with Gasteiger partial charge in [-0.1, -0.05) is 12.2 Å². The van der Waals surface area contributed by atoms with Gasteiger partial charge in [0.2, 0.25) is 0 Å². The molecule has 0 heterocycles. The van der Waals surface area contributed by atoms with Gasteiger partial charge < -0.3 is 20.4 Å². The zero-order valence-corrected chi connectivity index (χ0v) is 5.71. The van der Waals surface area contributed by atoms with Gasteiger partial charge in [-0.25, -0.2) is 4.79 Å². The Balaban J connectivity index is 3.91. The highest BCUT2D eigenvalue weighted by molar-refractivity contribution is 5.73. The van der Waals surface area contributed by atoms with Crippen molar-refractivity contribution < 1.29 is 25.2 Å². The van der Waals surface area contributed by atoms with Gasteiger partial charge in [0, 0.05) is 0 Å². The van der Waals surface area contributed by atoms with Crippen molar-refractivity contribution in [3.63, 3.8) is 0 Å². The van der Waals surface area contributed by atoms with Crippen LogP contribution in [0.15, 0.2) is 12.2 Å². The molecule has 5 heteroatoms. The summed E-state index contributed by atoms with van der Waals surface area (Å²) >= 11 is 0. The van der Waals surface area contributed by atoms with Crippen LogP contribution in [0, 0.1) is 0 Å². The van der Waals surface area contributed by atoms with Gasteiger partial charge in [-0.05, 0) is 0 Å². The first-order valence-corrected chi connectivity index (χ1v) is 2.96. The summed E-state index contributed by atoms with van der Waals surface area (Å²) in [6.07, 6.45) is -1.15. The van der Waals surface area contributed by atoms with Gasteiger partial charge in [0.05, 0.1) is 6.61 Å². The van der Waals surface area contributed by atoms with E-state index in [0.717, 1.165) is 12.2 Å². The van der Waals surface area contributed by atoms with Gasteiger partial charge in [0.1, 0.15) is 6.10 Å². The Hall–Kier alpha value is -0.910. The van der Waals surface area contributed by atoms with Gasteiger partial charge >= 0.3 is 5.97 Å². The number of carboxylic acids is 1. The van der Waals surface area contributed by atoms with Crippen molar-refractivity contribution in [2.45, 2.75) is 12.2 Å². The first-order chi connectivity index (χ1) is 5.09. The molecule has 11 heavy (non-hydrogen) atoms. The van der Waals surface area contributed by atoms with Crippen LogP contribution in [0.4, 0.5) is 0 Å². The second-order valence-corrected chi connectivity index (χ2v) is 1.88. The van der Waals surface area contributed by atoms with E-state index in [1.54, 1.807) is 0 Å². The molecular weight excluding hydrogens is 152 g/mol. The number of aliphatic hydroxyl groups is 3. The number of carbonyl (C=O) groups is 1. The third kappa shape index (κ3) is 3.72. The van der Waals surface area contributed by atoms with Crippen LogP contribution in [-0.2, 0) is 4.79 Å². The Bertz CT molecular complexity index is 153. The third-order valence-corrected chi connectivity index (χ3v) is 1.02. The summed E-state index contributed by atoms with van der Waals surface area (Å²) in [5.74, 6) is -1.50. The van der Waals surface area contributed by atoms with Crippen molar-refractivity contribution in [1.29, 1.82) is 0 Å². The maximum Gasteiger partial charge on any atom is 0.335 e. The van der Waals surface area contributed by atoms with Crippen LogP contribution in [0.25, 0.3) is 0 Å². The molecule has 0 spiro atoms. The Kier molecular flexibility index (Phi) is 4.44. The smallest absolute Gasteiger partial charge is 0.335 e. The Labute approximate surface area is 63.2 Å². The van der Waals surface area contributed by atoms with E-state index >= 15 is 0 Å². The number of aliphatic carboxylic acids is 1. The summed E-state index contributed by atoms with van der Waals surface area (Å²) in [5, 5.41) is 33.8. The fraction of sp³-hybridized carbons (Fsp3) is 0.500. The highest BCUT2D eigenvalue weighted by Gasteiger charge is 2.20. The fourth-order valence-corrected chi connectivity index (χ4v) is 0.452. The summed E-state index contributed by atoms with van der Waals surface area (Å²) in [7, 11) is 0. The molecule has 0 saturated heterocycles. The number of carboxylic acid groups (broad SMARTS) is 1. The van der Waals surface area contributed by atoms with Crippen LogP contribution in [-0.4, -0.2) is 45.2 Å². The predicted octanol–water partition coefficient (Wildman–Crippen LogP) is -1.66. The average molecular weight is 162 g/mol. The molecule has 2 atom stereocenters. The lowest BCUT2D eigenvalue weighted by molar-refractivity contribution is -0.150. The molecule has 0 aromatic heterocycles. The van der Waals surface area contributed by atoms with E-state index in [9.17, 15) is 4.79 Å². The van der Waals surface area contributed by atoms with E-state index in [2.05, 4.69) is 0 Å². The minimum atomic E-state index is -1.84. The average Bonchev–Trinajstić information content (AvgIpc) is 1.98. The molecule has 0 fully saturated rings. The monoisotopic (exact) mass is 162 g/mol. The van der Waals surface area contributed by atoms with Gasteiger partial charge in [-0.2, -0.15) is 0 Å². The Morgan fingerprint density at radius 3 is 2.36 bits per heavy atom. The van der Waals surface area contributed by atoms with Crippen molar-refractivity contribution in [2.75, 3.05) is 6.61 Å². The van der Waals surface area contributed by atoms with Crippen LogP contribution >= 0.6 is 0 Å². The summed E-state index contributed by atoms with van der Waals surface area (Å²) in [4.78, 5) is 10.00. The maximum atomic E-state index is 10.00. The second-order valence-electron chi connectivity index (χ2n) is 1.88. The number of hydrogen-bond donors (Lipinski definition) is 4. The summed E-state index contributed by atoms with van der Waals surface area (Å²) < 4.78 is 0. The maximum absolute atomic E-state index is 10.00. The van der Waals surface area contributed by atoms with Crippen LogP contribution in [0.5, 0.6) is 0 Å². The summed E-state index contributed by atoms with van der Waals surface area (Å²) in [5.41, 5.74) is 0. The van der Waals surface area contributed by atoms with Gasteiger partial charge in [0.25, 0.3) is 0 Å². The van der Waals surface area contributed by atoms with E-state index in [-0.39, 0.29) is 6.61 Å². The lowest BCUT2D eigenvalue weighted by atomic mass is 10.2. The zero-order chi connectivity index (χ0) is 8.85. The molecule has 0 aliphatic carbocycles. The van der Waals surface area contributed by atoms with E-state index in [0.29, 0.717) is 0 Å². The van der Waals surface area contributed by atoms with Crippen molar-refractivity contribution in [1.82, 2.24) is 0 Å². The molecule has 2 unspecified atom stereocenters. The molecule has 0 bridgehead atoms. The van der Waals surface area contributed by atoms with Crippen molar-refractivity contribution in [3.05, 3.63) is 12.2 Å². The van der Waals surface area contributed by atoms with Crippen LogP contribution in [0.1, 0.15) is 0 Å². The molecule has 4 N–H and O–H groups in total. The normalized spacial score (nSPS) is 16.6. The Morgan fingerprint density at radius 1 is 1.45 bits per heavy atom. The number of hydrogen-bond acceptors (Lipinski definition) is 4.